The van der Waals surface area contributed by atoms with Crippen molar-refractivity contribution in [3.8, 4) is 0 Å². The van der Waals surface area contributed by atoms with Crippen molar-refractivity contribution in [2.75, 3.05) is 17.2 Å². The van der Waals surface area contributed by atoms with Crippen molar-refractivity contribution in [1.29, 1.82) is 0 Å². The number of nitrogens with zero attached hydrogens (tertiary/aromatic N) is 1. The van der Waals surface area contributed by atoms with E-state index in [0.29, 0.717) is 6.04 Å². The first kappa shape index (κ1) is 13.7. The summed E-state index contributed by atoms with van der Waals surface area (Å²) in [5, 5.41) is 7.06. The zero-order chi connectivity index (χ0) is 13.9. The van der Waals surface area contributed by atoms with Crippen LogP contribution in [0, 0.1) is 17.8 Å². The van der Waals surface area contributed by atoms with Gasteiger partial charge < -0.3 is 10.6 Å². The van der Waals surface area contributed by atoms with Gasteiger partial charge in [0.05, 0.1) is 0 Å². The summed E-state index contributed by atoms with van der Waals surface area (Å²) in [5.74, 6) is 3.85. The molecule has 0 spiro atoms. The van der Waals surface area contributed by atoms with E-state index in [-0.39, 0.29) is 0 Å². The number of rotatable bonds is 6. The lowest BCUT2D eigenvalue weighted by Crippen LogP contribution is -2.29. The molecule has 2 bridgehead atoms. The average Bonchev–Trinajstić information content (AvgIpc) is 3.08. The normalized spacial score (nSPS) is 29.4. The van der Waals surface area contributed by atoms with Crippen LogP contribution in [0.15, 0.2) is 18.3 Å². The molecule has 2 fully saturated rings. The van der Waals surface area contributed by atoms with E-state index >= 15 is 0 Å². The molecule has 2 aliphatic carbocycles. The Labute approximate surface area is 122 Å². The molecule has 3 nitrogen and oxygen atoms in total. The molecule has 3 rings (SSSR count). The van der Waals surface area contributed by atoms with Crippen LogP contribution in [0.5, 0.6) is 0 Å². The molecule has 1 aromatic heterocycles. The van der Waals surface area contributed by atoms with E-state index in [0.717, 1.165) is 36.5 Å². The van der Waals surface area contributed by atoms with Gasteiger partial charge in [-0.15, -0.1) is 0 Å². The van der Waals surface area contributed by atoms with Crippen LogP contribution in [-0.2, 0) is 0 Å². The highest BCUT2D eigenvalue weighted by Gasteiger charge is 2.41. The van der Waals surface area contributed by atoms with Crippen LogP contribution in [0.2, 0.25) is 0 Å². The molecule has 4 atom stereocenters. The molecule has 2 aliphatic rings. The lowest BCUT2D eigenvalue weighted by Gasteiger charge is -2.29. The first-order valence-electron chi connectivity index (χ1n) is 8.22. The number of hydrogen-bond acceptors (Lipinski definition) is 3. The molecule has 20 heavy (non-hydrogen) atoms. The van der Waals surface area contributed by atoms with Gasteiger partial charge in [-0.3, -0.25) is 0 Å². The van der Waals surface area contributed by atoms with Crippen molar-refractivity contribution in [1.82, 2.24) is 4.98 Å². The van der Waals surface area contributed by atoms with E-state index < -0.39 is 0 Å². The fraction of sp³-hybridized carbons (Fsp3) is 0.706. The lowest BCUT2D eigenvalue weighted by atomic mass is 9.84. The fourth-order valence-corrected chi connectivity index (χ4v) is 4.15. The number of nitrogens with one attached hydrogen (secondary N) is 2. The van der Waals surface area contributed by atoms with Gasteiger partial charge in [0.2, 0.25) is 0 Å². The van der Waals surface area contributed by atoms with Crippen LogP contribution in [-0.4, -0.2) is 17.6 Å². The standard InChI is InChI=1S/C17H27N3/c1-3-7-18-17-11-15(6-8-19-17)20-12(2)16-10-13-4-5-14(16)9-13/h6,8,11-14,16H,3-5,7,9-10H2,1-2H3,(H2,18,19,20). The Hall–Kier alpha value is -1.25. The van der Waals surface area contributed by atoms with Crippen molar-refractivity contribution >= 4 is 11.5 Å². The largest absolute Gasteiger partial charge is 0.382 e. The summed E-state index contributed by atoms with van der Waals surface area (Å²) in [6, 6.07) is 4.80. The molecule has 3 heteroatoms. The van der Waals surface area contributed by atoms with Crippen molar-refractivity contribution in [2.45, 2.75) is 52.0 Å². The summed E-state index contributed by atoms with van der Waals surface area (Å²) in [4.78, 5) is 4.37. The van der Waals surface area contributed by atoms with Gasteiger partial charge in [0.25, 0.3) is 0 Å². The van der Waals surface area contributed by atoms with Gasteiger partial charge in [-0.25, -0.2) is 4.98 Å². The van der Waals surface area contributed by atoms with Crippen LogP contribution in [0.4, 0.5) is 11.5 Å². The molecule has 0 aliphatic heterocycles. The highest BCUT2D eigenvalue weighted by Crippen LogP contribution is 2.49. The predicted molar refractivity (Wildman–Crippen MR) is 85.0 cm³/mol. The van der Waals surface area contributed by atoms with Crippen molar-refractivity contribution in [3.63, 3.8) is 0 Å². The Balaban J connectivity index is 1.59. The summed E-state index contributed by atoms with van der Waals surface area (Å²) in [5.41, 5.74) is 1.20. The third-order valence-electron chi connectivity index (χ3n) is 5.15. The Bertz CT molecular complexity index is 446. The summed E-state index contributed by atoms with van der Waals surface area (Å²) in [7, 11) is 0. The summed E-state index contributed by atoms with van der Waals surface area (Å²) >= 11 is 0. The minimum atomic E-state index is 0.576. The van der Waals surface area contributed by atoms with Crippen LogP contribution < -0.4 is 10.6 Å². The van der Waals surface area contributed by atoms with E-state index in [1.807, 2.05) is 6.20 Å². The molecule has 0 saturated heterocycles. The van der Waals surface area contributed by atoms with E-state index in [1.165, 1.54) is 31.4 Å². The highest BCUT2D eigenvalue weighted by atomic mass is 15.0. The first-order valence-corrected chi connectivity index (χ1v) is 8.22. The lowest BCUT2D eigenvalue weighted by molar-refractivity contribution is 0.304. The predicted octanol–water partition coefficient (Wildman–Crippen LogP) is 4.14. The number of anilines is 2. The zero-order valence-corrected chi connectivity index (χ0v) is 12.7. The molecule has 1 heterocycles. The Morgan fingerprint density at radius 1 is 1.35 bits per heavy atom. The molecule has 0 radical (unpaired) electrons. The van der Waals surface area contributed by atoms with Crippen LogP contribution in [0.1, 0.15) is 46.0 Å². The maximum Gasteiger partial charge on any atom is 0.127 e. The molecule has 0 aromatic carbocycles. The monoisotopic (exact) mass is 273 g/mol. The summed E-state index contributed by atoms with van der Waals surface area (Å²) in [6.07, 6.45) is 8.88. The second-order valence-electron chi connectivity index (χ2n) is 6.63. The van der Waals surface area contributed by atoms with Crippen LogP contribution in [0.25, 0.3) is 0 Å². The van der Waals surface area contributed by atoms with Gasteiger partial charge in [0, 0.05) is 30.5 Å². The molecule has 2 N–H and O–H groups in total. The molecule has 2 saturated carbocycles. The number of fused-ring (bicyclic) bond motifs is 2. The molecule has 110 valence electrons. The third-order valence-corrected chi connectivity index (χ3v) is 5.15. The minimum Gasteiger partial charge on any atom is -0.382 e. The Morgan fingerprint density at radius 3 is 2.95 bits per heavy atom. The molecular formula is C17H27N3. The van der Waals surface area contributed by atoms with Crippen molar-refractivity contribution in [2.24, 2.45) is 17.8 Å². The van der Waals surface area contributed by atoms with Gasteiger partial charge in [-0.05, 0) is 56.4 Å². The van der Waals surface area contributed by atoms with E-state index in [9.17, 15) is 0 Å². The van der Waals surface area contributed by atoms with E-state index in [1.54, 1.807) is 0 Å². The third kappa shape index (κ3) is 2.92. The van der Waals surface area contributed by atoms with Crippen LogP contribution in [0.3, 0.4) is 0 Å². The van der Waals surface area contributed by atoms with Gasteiger partial charge >= 0.3 is 0 Å². The Morgan fingerprint density at radius 2 is 2.25 bits per heavy atom. The second-order valence-corrected chi connectivity index (χ2v) is 6.63. The second kappa shape index (κ2) is 6.02. The maximum absolute atomic E-state index is 4.37. The van der Waals surface area contributed by atoms with Crippen molar-refractivity contribution in [3.05, 3.63) is 18.3 Å². The number of pyridine rings is 1. The van der Waals surface area contributed by atoms with E-state index in [2.05, 4.69) is 41.6 Å². The summed E-state index contributed by atoms with van der Waals surface area (Å²) in [6.45, 7) is 5.51. The fourth-order valence-electron chi connectivity index (χ4n) is 4.15. The molecule has 1 aromatic rings. The van der Waals surface area contributed by atoms with Crippen molar-refractivity contribution < 1.29 is 0 Å². The SMILES string of the molecule is CCCNc1cc(NC(C)C2CC3CCC2C3)ccn1. The maximum atomic E-state index is 4.37. The average molecular weight is 273 g/mol. The number of hydrogen-bond donors (Lipinski definition) is 2. The Kier molecular flexibility index (Phi) is 4.13. The molecule has 0 amide bonds. The molecule has 4 unspecified atom stereocenters. The quantitative estimate of drug-likeness (QED) is 0.818. The summed E-state index contributed by atoms with van der Waals surface area (Å²) < 4.78 is 0. The van der Waals surface area contributed by atoms with Crippen LogP contribution >= 0.6 is 0 Å². The molecular weight excluding hydrogens is 246 g/mol. The highest BCUT2D eigenvalue weighted by molar-refractivity contribution is 5.52. The van der Waals surface area contributed by atoms with Gasteiger partial charge in [0.1, 0.15) is 5.82 Å². The van der Waals surface area contributed by atoms with E-state index in [4.69, 9.17) is 0 Å². The number of aromatic nitrogens is 1. The topological polar surface area (TPSA) is 37.0 Å². The smallest absolute Gasteiger partial charge is 0.127 e. The zero-order valence-electron chi connectivity index (χ0n) is 12.7. The first-order chi connectivity index (χ1) is 9.76. The van der Waals surface area contributed by atoms with Gasteiger partial charge in [-0.2, -0.15) is 0 Å². The minimum absolute atomic E-state index is 0.576. The van der Waals surface area contributed by atoms with Gasteiger partial charge in [0.15, 0.2) is 0 Å². The van der Waals surface area contributed by atoms with Gasteiger partial charge in [-0.1, -0.05) is 13.3 Å².